The lowest BCUT2D eigenvalue weighted by Gasteiger charge is -2.24. The summed E-state index contributed by atoms with van der Waals surface area (Å²) in [7, 11) is 0. The maximum Gasteiger partial charge on any atom is 0.141 e. The summed E-state index contributed by atoms with van der Waals surface area (Å²) in [6.07, 6.45) is 3.76. The number of hydrogen-bond acceptors (Lipinski definition) is 7. The van der Waals surface area contributed by atoms with Crippen LogP contribution >= 0.6 is 23.1 Å². The highest BCUT2D eigenvalue weighted by molar-refractivity contribution is 8.02. The molecule has 4 aromatic rings. The van der Waals surface area contributed by atoms with E-state index in [1.807, 2.05) is 71.6 Å². The molecule has 0 spiro atoms. The lowest BCUT2D eigenvalue weighted by atomic mass is 10.2. The molecule has 0 saturated carbocycles. The molecule has 1 aromatic carbocycles. The Balaban J connectivity index is 1.60. The molecule has 0 amide bonds. The van der Waals surface area contributed by atoms with Crippen LogP contribution in [0.15, 0.2) is 89.9 Å². The lowest BCUT2D eigenvalue weighted by molar-refractivity contribution is 0.826. The van der Waals surface area contributed by atoms with E-state index in [1.54, 1.807) is 29.3 Å². The van der Waals surface area contributed by atoms with Crippen molar-refractivity contribution in [2.24, 2.45) is 0 Å². The van der Waals surface area contributed by atoms with Crippen LogP contribution in [0.3, 0.4) is 0 Å². The molecule has 0 aliphatic carbocycles. The van der Waals surface area contributed by atoms with E-state index >= 15 is 0 Å². The molecule has 0 bridgehead atoms. The van der Waals surface area contributed by atoms with Crippen LogP contribution in [0.1, 0.15) is 11.1 Å². The second kappa shape index (κ2) is 8.06. The molecule has 0 radical (unpaired) electrons. The molecule has 1 atom stereocenters. The van der Waals surface area contributed by atoms with Crippen molar-refractivity contribution in [3.8, 4) is 10.7 Å². The fraction of sp³-hybridized carbons (Fsp3) is 0.0455. The van der Waals surface area contributed by atoms with E-state index < -0.39 is 0 Å². The highest BCUT2D eigenvalue weighted by atomic mass is 32.2. The molecular formula is C22H17N5S2. The summed E-state index contributed by atoms with van der Waals surface area (Å²) in [5.74, 6) is 1.63. The number of aromatic nitrogens is 3. The van der Waals surface area contributed by atoms with E-state index in [2.05, 4.69) is 27.3 Å². The van der Waals surface area contributed by atoms with Crippen LogP contribution in [0.5, 0.6) is 0 Å². The molecule has 3 aromatic heterocycles. The van der Waals surface area contributed by atoms with Gasteiger partial charge in [0.15, 0.2) is 0 Å². The molecule has 5 nitrogen and oxygen atoms in total. The molecule has 0 saturated heterocycles. The number of thiazole rings is 1. The minimum absolute atomic E-state index is 0.127. The van der Waals surface area contributed by atoms with Crippen molar-refractivity contribution in [1.82, 2.24) is 20.3 Å². The first-order valence-electron chi connectivity index (χ1n) is 9.14. The fourth-order valence-corrected chi connectivity index (χ4v) is 4.47. The third-order valence-electron chi connectivity index (χ3n) is 4.41. The van der Waals surface area contributed by atoms with Gasteiger partial charge in [-0.15, -0.1) is 23.1 Å². The molecule has 29 heavy (non-hydrogen) atoms. The fourth-order valence-electron chi connectivity index (χ4n) is 3.12. The Bertz CT molecular complexity index is 1120. The Morgan fingerprint density at radius 3 is 2.45 bits per heavy atom. The van der Waals surface area contributed by atoms with Crippen molar-refractivity contribution in [2.75, 3.05) is 4.90 Å². The van der Waals surface area contributed by atoms with E-state index in [9.17, 15) is 0 Å². The number of para-hydroxylation sites is 1. The second-order valence-corrected chi connectivity index (χ2v) is 8.21. The largest absolute Gasteiger partial charge is 0.374 e. The first kappa shape index (κ1) is 17.9. The molecule has 1 aliphatic rings. The average Bonchev–Trinajstić information content (AvgIpc) is 3.50. The van der Waals surface area contributed by atoms with Gasteiger partial charge in [0.2, 0.25) is 0 Å². The van der Waals surface area contributed by atoms with E-state index in [0.29, 0.717) is 0 Å². The topological polar surface area (TPSA) is 53.9 Å². The van der Waals surface area contributed by atoms with Crippen molar-refractivity contribution in [3.63, 3.8) is 0 Å². The van der Waals surface area contributed by atoms with E-state index in [-0.39, 0.29) is 5.37 Å². The number of nitrogens with zero attached hydrogens (tertiary/aromatic N) is 4. The summed E-state index contributed by atoms with van der Waals surface area (Å²) >= 11 is 3.29. The predicted molar refractivity (Wildman–Crippen MR) is 120 cm³/mol. The first-order valence-corrected chi connectivity index (χ1v) is 11.0. The Morgan fingerprint density at radius 1 is 0.862 bits per heavy atom. The standard InChI is InChI=1S/C22H17N5S2/c1-2-6-16(7-3-1)27(19-10-4-8-17(25-19)21-23-12-14-28-21)20-11-5-9-18(26-20)22-24-13-15-29-22/h1-15,21,23H. The Kier molecular flexibility index (Phi) is 4.98. The highest BCUT2D eigenvalue weighted by Crippen LogP contribution is 2.36. The molecule has 7 heteroatoms. The third-order valence-corrected chi connectivity index (χ3v) is 6.15. The van der Waals surface area contributed by atoms with Crippen LogP contribution < -0.4 is 10.2 Å². The molecular weight excluding hydrogens is 398 g/mol. The quantitative estimate of drug-likeness (QED) is 0.439. The zero-order valence-corrected chi connectivity index (χ0v) is 17.0. The zero-order valence-electron chi connectivity index (χ0n) is 15.3. The van der Waals surface area contributed by atoms with E-state index in [0.717, 1.165) is 33.7 Å². The van der Waals surface area contributed by atoms with Gasteiger partial charge in [-0.3, -0.25) is 4.90 Å². The van der Waals surface area contributed by atoms with Crippen LogP contribution in [0.25, 0.3) is 10.7 Å². The number of thioether (sulfide) groups is 1. The number of pyridine rings is 2. The maximum absolute atomic E-state index is 4.95. The van der Waals surface area contributed by atoms with E-state index in [1.165, 1.54) is 0 Å². The van der Waals surface area contributed by atoms with Crippen LogP contribution in [-0.4, -0.2) is 15.0 Å². The maximum atomic E-state index is 4.95. The molecule has 142 valence electrons. The molecule has 1 unspecified atom stereocenters. The van der Waals surface area contributed by atoms with E-state index in [4.69, 9.17) is 9.97 Å². The third kappa shape index (κ3) is 3.74. The van der Waals surface area contributed by atoms with Crippen molar-refractivity contribution in [2.45, 2.75) is 5.37 Å². The summed E-state index contributed by atoms with van der Waals surface area (Å²) in [6, 6.07) is 22.3. The Morgan fingerprint density at radius 2 is 1.69 bits per heavy atom. The summed E-state index contributed by atoms with van der Waals surface area (Å²) in [4.78, 5) is 16.3. The normalized spacial score (nSPS) is 15.2. The Labute approximate surface area is 177 Å². The summed E-state index contributed by atoms with van der Waals surface area (Å²) in [6.45, 7) is 0. The lowest BCUT2D eigenvalue weighted by Crippen LogP contribution is -2.16. The van der Waals surface area contributed by atoms with Gasteiger partial charge in [0, 0.05) is 23.5 Å². The number of benzene rings is 1. The van der Waals surface area contributed by atoms with Crippen LogP contribution in [0.2, 0.25) is 0 Å². The van der Waals surface area contributed by atoms with Gasteiger partial charge >= 0.3 is 0 Å². The summed E-state index contributed by atoms with van der Waals surface area (Å²) < 4.78 is 0. The average molecular weight is 416 g/mol. The number of rotatable bonds is 5. The molecule has 0 fully saturated rings. The molecule has 4 heterocycles. The Hall–Kier alpha value is -3.16. The SMILES string of the molecule is C1=CSC(c2cccc(N(c3ccccc3)c3cccc(-c4nccs4)n3)n2)N1. The van der Waals surface area contributed by atoms with Gasteiger partial charge in [0.25, 0.3) is 0 Å². The van der Waals surface area contributed by atoms with Crippen LogP contribution in [-0.2, 0) is 0 Å². The number of nitrogens with one attached hydrogen (secondary N) is 1. The summed E-state index contributed by atoms with van der Waals surface area (Å²) in [5, 5.41) is 8.37. The number of anilines is 3. The van der Waals surface area contributed by atoms with Crippen molar-refractivity contribution in [1.29, 1.82) is 0 Å². The summed E-state index contributed by atoms with van der Waals surface area (Å²) in [5.41, 5.74) is 2.84. The predicted octanol–water partition coefficient (Wildman–Crippen LogP) is 5.88. The van der Waals surface area contributed by atoms with Gasteiger partial charge in [-0.2, -0.15) is 0 Å². The highest BCUT2D eigenvalue weighted by Gasteiger charge is 2.19. The van der Waals surface area contributed by atoms with Crippen molar-refractivity contribution >= 4 is 40.4 Å². The van der Waals surface area contributed by atoms with Crippen LogP contribution in [0.4, 0.5) is 17.3 Å². The smallest absolute Gasteiger partial charge is 0.141 e. The minimum Gasteiger partial charge on any atom is -0.374 e. The minimum atomic E-state index is 0.127. The van der Waals surface area contributed by atoms with Gasteiger partial charge in [0.1, 0.15) is 27.7 Å². The first-order chi connectivity index (χ1) is 14.4. The van der Waals surface area contributed by atoms with Gasteiger partial charge in [0.05, 0.1) is 5.69 Å². The molecule has 1 aliphatic heterocycles. The molecule has 1 N–H and O–H groups in total. The van der Waals surface area contributed by atoms with Gasteiger partial charge in [-0.1, -0.05) is 30.3 Å². The van der Waals surface area contributed by atoms with Gasteiger partial charge < -0.3 is 5.32 Å². The van der Waals surface area contributed by atoms with Gasteiger partial charge in [-0.25, -0.2) is 15.0 Å². The van der Waals surface area contributed by atoms with Crippen molar-refractivity contribution < 1.29 is 0 Å². The number of hydrogen-bond donors (Lipinski definition) is 1. The van der Waals surface area contributed by atoms with Gasteiger partial charge in [-0.05, 0) is 41.8 Å². The molecule has 5 rings (SSSR count). The zero-order chi connectivity index (χ0) is 19.5. The van der Waals surface area contributed by atoms with Crippen LogP contribution in [0, 0.1) is 0 Å². The van der Waals surface area contributed by atoms with Crippen molar-refractivity contribution in [3.05, 3.63) is 95.6 Å². The monoisotopic (exact) mass is 415 g/mol. The second-order valence-electron chi connectivity index (χ2n) is 6.30.